The van der Waals surface area contributed by atoms with E-state index < -0.39 is 143 Å². The zero-order valence-electron chi connectivity index (χ0n) is 32.7. The number of carboxylic acid groups (broad SMARTS) is 2. The summed E-state index contributed by atoms with van der Waals surface area (Å²) in [6.07, 6.45) is -0.396. The summed E-state index contributed by atoms with van der Waals surface area (Å²) in [5, 5.41) is 43.1. The fraction of sp³-hybridized carbons (Fsp3) is 0.400. The van der Waals surface area contributed by atoms with E-state index in [1.54, 1.807) is 0 Å². The van der Waals surface area contributed by atoms with Gasteiger partial charge in [0.1, 0.15) is 57.2 Å². The van der Waals surface area contributed by atoms with Crippen molar-refractivity contribution in [3.8, 4) is 11.5 Å². The van der Waals surface area contributed by atoms with Crippen molar-refractivity contribution in [3.05, 3.63) is 81.8 Å². The number of hydrogen-bond donors (Lipinski definition) is 4. The van der Waals surface area contributed by atoms with Crippen molar-refractivity contribution in [2.75, 3.05) is 31.5 Å². The molecule has 0 spiro atoms. The summed E-state index contributed by atoms with van der Waals surface area (Å²) >= 11 is 12.2. The molecule has 0 saturated carbocycles. The number of rotatable bonds is 17. The number of Topliss-reactive ketones (excluding diaryl/α,β-unsaturated/α-hetero) is 3. The molecule has 0 bridgehead atoms. The number of aliphatic carboxylic acids is 2. The van der Waals surface area contributed by atoms with Gasteiger partial charge in [0.2, 0.25) is 7.29 Å². The van der Waals surface area contributed by atoms with Crippen LogP contribution in [-0.2, 0) is 47.7 Å². The highest BCUT2D eigenvalue weighted by Gasteiger charge is 2.62. The van der Waals surface area contributed by atoms with Gasteiger partial charge in [-0.3, -0.25) is 42.9 Å². The number of ether oxygens (including phenoxy) is 3. The minimum atomic E-state index is -5.64. The molecule has 2 aliphatic carbocycles. The van der Waals surface area contributed by atoms with Gasteiger partial charge in [-0.15, -0.1) is 23.2 Å². The molecular formula is C40H42Cl2NO16P. The average molecular weight is 895 g/mol. The lowest BCUT2D eigenvalue weighted by Crippen LogP contribution is -2.47. The minimum Gasteiger partial charge on any atom is -0.510 e. The van der Waals surface area contributed by atoms with Crippen molar-refractivity contribution in [2.45, 2.75) is 46.0 Å². The normalized spacial score (nSPS) is 22.9. The molecule has 20 heteroatoms. The summed E-state index contributed by atoms with van der Waals surface area (Å²) in [4.78, 5) is 107. The number of allylic oxidation sites excluding steroid dienone is 2. The number of benzene rings is 2. The van der Waals surface area contributed by atoms with Crippen molar-refractivity contribution < 1.29 is 77.6 Å². The van der Waals surface area contributed by atoms with Crippen LogP contribution in [0.15, 0.2) is 70.7 Å². The highest BCUT2D eigenvalue weighted by molar-refractivity contribution is 7.72. The predicted molar refractivity (Wildman–Crippen MR) is 212 cm³/mol. The van der Waals surface area contributed by atoms with Gasteiger partial charge in [0, 0.05) is 57.0 Å². The summed E-state index contributed by atoms with van der Waals surface area (Å²) in [5.74, 6) is -26.2. The van der Waals surface area contributed by atoms with E-state index in [0.29, 0.717) is 0 Å². The number of carboxylic acids is 2. The maximum absolute atomic E-state index is 16.3. The number of esters is 3. The van der Waals surface area contributed by atoms with Crippen LogP contribution in [0.4, 0.5) is 0 Å². The van der Waals surface area contributed by atoms with Gasteiger partial charge in [-0.25, -0.2) is 4.67 Å². The third-order valence-electron chi connectivity index (χ3n) is 10.1. The van der Waals surface area contributed by atoms with E-state index in [9.17, 15) is 54.0 Å². The number of carbonyl (C=O) groups excluding carboxylic acids is 6. The Morgan fingerprint density at radius 1 is 0.667 bits per heavy atom. The lowest BCUT2D eigenvalue weighted by Gasteiger charge is -2.43. The molecule has 4 N–H and O–H groups in total. The Bertz CT molecular complexity index is 2180. The summed E-state index contributed by atoms with van der Waals surface area (Å²) in [6.45, 7) is 3.57. The van der Waals surface area contributed by atoms with E-state index in [1.807, 2.05) is 0 Å². The second-order valence-corrected chi connectivity index (χ2v) is 17.0. The Morgan fingerprint density at radius 3 is 1.43 bits per heavy atom. The Hall–Kier alpha value is -5.35. The van der Waals surface area contributed by atoms with Crippen molar-refractivity contribution in [1.82, 2.24) is 4.67 Å². The van der Waals surface area contributed by atoms with Gasteiger partial charge < -0.3 is 34.6 Å². The van der Waals surface area contributed by atoms with Gasteiger partial charge in [-0.1, -0.05) is 31.2 Å². The number of aliphatic hydroxyl groups is 2. The molecule has 0 aromatic heterocycles. The molecule has 2 aliphatic rings. The van der Waals surface area contributed by atoms with Gasteiger partial charge in [0.05, 0.1) is 12.5 Å². The molecule has 2 aromatic rings. The van der Waals surface area contributed by atoms with Crippen LogP contribution in [0.25, 0.3) is 0 Å². The monoisotopic (exact) mass is 893 g/mol. The Labute approximate surface area is 353 Å². The smallest absolute Gasteiger partial charge is 0.317 e. The number of halogens is 2. The highest BCUT2D eigenvalue weighted by Crippen LogP contribution is 2.70. The lowest BCUT2D eigenvalue weighted by molar-refractivity contribution is -0.154. The number of ketones is 3. The maximum Gasteiger partial charge on any atom is 0.317 e. The van der Waals surface area contributed by atoms with Crippen LogP contribution >= 0.6 is 30.5 Å². The SMILES string of the molecule is CCOC(=O)C1C(O)=C(P(=O)(C2=C(O)C(C(=O)O)C(c3ccc(OC(C)=O)cc3)C(C(=O)CC)C2=O)N(CCCl)CCCl)C(=O)C(C(=O)O)C1c1ccc(OC(C)=O)cc1. The number of carbonyl (C=O) groups is 8. The first kappa shape index (κ1) is 47.3. The Balaban J connectivity index is 2.17. The molecule has 7 unspecified atom stereocenters. The topological polar surface area (TPSA) is 265 Å². The molecule has 0 aliphatic heterocycles. The largest absolute Gasteiger partial charge is 0.510 e. The molecule has 0 saturated heterocycles. The molecule has 0 radical (unpaired) electrons. The molecule has 4 rings (SSSR count). The van der Waals surface area contributed by atoms with Crippen LogP contribution in [0.3, 0.4) is 0 Å². The lowest BCUT2D eigenvalue weighted by atomic mass is 9.68. The average Bonchev–Trinajstić information content (AvgIpc) is 3.17. The van der Waals surface area contributed by atoms with E-state index in [-0.39, 0.29) is 29.2 Å². The van der Waals surface area contributed by atoms with Crippen molar-refractivity contribution in [1.29, 1.82) is 0 Å². The van der Waals surface area contributed by atoms with Crippen LogP contribution in [-0.4, -0.2) is 104 Å². The molecule has 2 aromatic carbocycles. The predicted octanol–water partition coefficient (Wildman–Crippen LogP) is 5.34. The Morgan fingerprint density at radius 2 is 1.07 bits per heavy atom. The van der Waals surface area contributed by atoms with Crippen molar-refractivity contribution in [3.63, 3.8) is 0 Å². The molecule has 17 nitrogen and oxygen atoms in total. The number of nitrogens with zero attached hydrogens (tertiary/aromatic N) is 1. The zero-order valence-corrected chi connectivity index (χ0v) is 35.1. The summed E-state index contributed by atoms with van der Waals surface area (Å²) in [5.41, 5.74) is -0.0784. The summed E-state index contributed by atoms with van der Waals surface area (Å²) in [6, 6.07) is 9.92. The minimum absolute atomic E-state index is 0.00304. The number of alkyl halides is 2. The van der Waals surface area contributed by atoms with Crippen LogP contribution in [0.5, 0.6) is 11.5 Å². The fourth-order valence-electron chi connectivity index (χ4n) is 7.70. The van der Waals surface area contributed by atoms with Gasteiger partial charge in [0.15, 0.2) is 11.6 Å². The molecule has 0 fully saturated rings. The molecule has 7 atom stereocenters. The second kappa shape index (κ2) is 19.8. The quantitative estimate of drug-likeness (QED) is 0.0513. The van der Waals surface area contributed by atoms with Gasteiger partial charge in [0.25, 0.3) is 0 Å². The first-order valence-corrected chi connectivity index (χ1v) is 21.2. The van der Waals surface area contributed by atoms with E-state index in [2.05, 4.69) is 0 Å². The third-order valence-corrected chi connectivity index (χ3v) is 13.7. The van der Waals surface area contributed by atoms with Crippen molar-refractivity contribution in [2.24, 2.45) is 23.7 Å². The molecular weight excluding hydrogens is 852 g/mol. The van der Waals surface area contributed by atoms with E-state index in [4.69, 9.17) is 37.4 Å². The summed E-state index contributed by atoms with van der Waals surface area (Å²) < 4.78 is 32.5. The number of aliphatic hydroxyl groups excluding tert-OH is 2. The number of hydrogen-bond acceptors (Lipinski definition) is 14. The standard InChI is InChI=1S/C40H42Cl2NO16P/c1-5-25(46)28-26(21-7-11-23(12-8-21)58-19(3)44)29(38(51)52)33(48)36(32(28)47)60(56,43(17-15-41)18-16-42)37-34(49)30(39(53)54)27(31(35(37)50)40(55)57-6-2)22-9-13-24(14-10-22)59-20(4)45/h7-14,26-31,48,50H,5-6,15-18H2,1-4H3,(H,51,52)(H,53,54). The second-order valence-electron chi connectivity index (χ2n) is 13.6. The molecule has 322 valence electrons. The van der Waals surface area contributed by atoms with Gasteiger partial charge >= 0.3 is 29.8 Å². The Kier molecular flexibility index (Phi) is 15.6. The van der Waals surface area contributed by atoms with E-state index in [0.717, 1.165) is 18.5 Å². The van der Waals surface area contributed by atoms with Crippen molar-refractivity contribution >= 4 is 77.7 Å². The third kappa shape index (κ3) is 9.19. The van der Waals surface area contributed by atoms with E-state index >= 15 is 9.36 Å². The summed E-state index contributed by atoms with van der Waals surface area (Å²) in [7, 11) is -5.64. The van der Waals surface area contributed by atoms with Crippen LogP contribution in [0.1, 0.15) is 57.1 Å². The van der Waals surface area contributed by atoms with Crippen LogP contribution in [0, 0.1) is 23.7 Å². The highest BCUT2D eigenvalue weighted by atomic mass is 35.5. The van der Waals surface area contributed by atoms with Crippen LogP contribution < -0.4 is 9.47 Å². The first-order valence-electron chi connectivity index (χ1n) is 18.5. The maximum atomic E-state index is 16.3. The zero-order chi connectivity index (χ0) is 44.8. The van der Waals surface area contributed by atoms with E-state index in [1.165, 1.54) is 62.4 Å². The van der Waals surface area contributed by atoms with Gasteiger partial charge in [-0.2, -0.15) is 0 Å². The molecule has 60 heavy (non-hydrogen) atoms. The first-order chi connectivity index (χ1) is 28.3. The van der Waals surface area contributed by atoms with Gasteiger partial charge in [-0.05, 0) is 42.3 Å². The van der Waals surface area contributed by atoms with Crippen LogP contribution in [0.2, 0.25) is 0 Å². The molecule has 0 amide bonds. The molecule has 0 heterocycles. The fourth-order valence-corrected chi connectivity index (χ4v) is 11.7.